The van der Waals surface area contributed by atoms with E-state index in [0.717, 1.165) is 35.9 Å². The van der Waals surface area contributed by atoms with E-state index < -0.39 is 6.10 Å². The van der Waals surface area contributed by atoms with Crippen LogP contribution in [0.2, 0.25) is 5.02 Å². The van der Waals surface area contributed by atoms with E-state index in [-0.39, 0.29) is 0 Å². The fourth-order valence-corrected chi connectivity index (χ4v) is 2.48. The molecule has 1 aromatic heterocycles. The van der Waals surface area contributed by atoms with Crippen molar-refractivity contribution in [2.45, 2.75) is 25.4 Å². The second-order valence-corrected chi connectivity index (χ2v) is 4.71. The van der Waals surface area contributed by atoms with E-state index in [1.165, 1.54) is 5.56 Å². The molecule has 2 nitrogen and oxygen atoms in total. The maximum Gasteiger partial charge on any atom is 0.0962 e. The number of aryl methyl sites for hydroxylation is 1. The molecular formula is C13H12ClNO. The fraction of sp³-hybridized carbons (Fsp3) is 0.308. The summed E-state index contributed by atoms with van der Waals surface area (Å²) in [6.07, 6.45) is 2.45. The molecule has 1 N–H and O–H groups in total. The Labute approximate surface area is 98.9 Å². The number of aliphatic hydroxyl groups excluding tert-OH is 1. The van der Waals surface area contributed by atoms with Gasteiger partial charge in [-0.2, -0.15) is 0 Å². The van der Waals surface area contributed by atoms with Gasteiger partial charge in [-0.25, -0.2) is 4.98 Å². The van der Waals surface area contributed by atoms with Gasteiger partial charge >= 0.3 is 0 Å². The Kier molecular flexibility index (Phi) is 2.34. The monoisotopic (exact) mass is 233 g/mol. The quantitative estimate of drug-likeness (QED) is 0.758. The molecule has 0 aliphatic heterocycles. The number of hydrogen-bond donors (Lipinski definition) is 1. The highest BCUT2D eigenvalue weighted by molar-refractivity contribution is 6.31. The van der Waals surface area contributed by atoms with Gasteiger partial charge in [0.05, 0.1) is 17.3 Å². The summed E-state index contributed by atoms with van der Waals surface area (Å²) < 4.78 is 0. The minimum Gasteiger partial charge on any atom is -0.387 e. The van der Waals surface area contributed by atoms with Crippen LogP contribution in [-0.4, -0.2) is 10.1 Å². The van der Waals surface area contributed by atoms with Crippen molar-refractivity contribution in [1.29, 1.82) is 0 Å². The first kappa shape index (κ1) is 10.1. The molecule has 0 radical (unpaired) electrons. The maximum absolute atomic E-state index is 9.89. The highest BCUT2D eigenvalue weighted by atomic mass is 35.5. The third-order valence-electron chi connectivity index (χ3n) is 3.13. The molecule has 2 aromatic rings. The molecule has 16 heavy (non-hydrogen) atoms. The lowest BCUT2D eigenvalue weighted by molar-refractivity contribution is 0.152. The van der Waals surface area contributed by atoms with E-state index in [0.29, 0.717) is 5.02 Å². The predicted molar refractivity (Wildman–Crippen MR) is 64.7 cm³/mol. The Balaban J connectivity index is 2.26. The van der Waals surface area contributed by atoms with Crippen molar-refractivity contribution in [2.75, 3.05) is 0 Å². The number of benzene rings is 1. The summed E-state index contributed by atoms with van der Waals surface area (Å²) in [5.41, 5.74) is 2.88. The zero-order chi connectivity index (χ0) is 11.1. The lowest BCUT2D eigenvalue weighted by Gasteiger charge is -2.20. The van der Waals surface area contributed by atoms with Crippen LogP contribution in [0.15, 0.2) is 24.3 Å². The van der Waals surface area contributed by atoms with Gasteiger partial charge in [0.1, 0.15) is 0 Å². The molecule has 1 atom stereocenters. The van der Waals surface area contributed by atoms with Crippen molar-refractivity contribution in [1.82, 2.24) is 4.98 Å². The topological polar surface area (TPSA) is 33.1 Å². The molecular weight excluding hydrogens is 222 g/mol. The van der Waals surface area contributed by atoms with Crippen LogP contribution < -0.4 is 0 Å². The number of hydrogen-bond acceptors (Lipinski definition) is 2. The second kappa shape index (κ2) is 3.72. The van der Waals surface area contributed by atoms with Gasteiger partial charge in [-0.15, -0.1) is 0 Å². The predicted octanol–water partition coefficient (Wildman–Crippen LogP) is 3.26. The summed E-state index contributed by atoms with van der Waals surface area (Å²) in [5.74, 6) is 0. The first-order valence-corrected chi connectivity index (χ1v) is 5.89. The van der Waals surface area contributed by atoms with E-state index >= 15 is 0 Å². The Morgan fingerprint density at radius 3 is 3.06 bits per heavy atom. The van der Waals surface area contributed by atoms with Crippen LogP contribution in [0.5, 0.6) is 0 Å². The van der Waals surface area contributed by atoms with Crippen LogP contribution in [0.25, 0.3) is 10.9 Å². The molecule has 0 amide bonds. The van der Waals surface area contributed by atoms with Crippen molar-refractivity contribution < 1.29 is 5.11 Å². The number of rotatable bonds is 0. The normalized spacial score (nSPS) is 19.8. The number of halogens is 1. The third-order valence-corrected chi connectivity index (χ3v) is 3.37. The summed E-state index contributed by atoms with van der Waals surface area (Å²) in [7, 11) is 0. The van der Waals surface area contributed by atoms with Crippen molar-refractivity contribution in [3.63, 3.8) is 0 Å². The van der Waals surface area contributed by atoms with Crippen LogP contribution in [0.3, 0.4) is 0 Å². The smallest absolute Gasteiger partial charge is 0.0962 e. The number of fused-ring (bicyclic) bond motifs is 2. The lowest BCUT2D eigenvalue weighted by Crippen LogP contribution is -2.11. The van der Waals surface area contributed by atoms with Crippen LogP contribution in [-0.2, 0) is 6.42 Å². The minimum absolute atomic E-state index is 0.410. The molecule has 3 rings (SSSR count). The molecule has 0 fully saturated rings. The van der Waals surface area contributed by atoms with Crippen LogP contribution in [0.1, 0.15) is 30.2 Å². The molecule has 1 aliphatic rings. The van der Waals surface area contributed by atoms with E-state index in [2.05, 4.69) is 11.1 Å². The number of nitrogens with zero attached hydrogens (tertiary/aromatic N) is 1. The molecule has 0 saturated heterocycles. The second-order valence-electron chi connectivity index (χ2n) is 4.28. The van der Waals surface area contributed by atoms with Gasteiger partial charge < -0.3 is 5.11 Å². The molecule has 0 spiro atoms. The average molecular weight is 234 g/mol. The maximum atomic E-state index is 9.89. The molecule has 0 saturated carbocycles. The third kappa shape index (κ3) is 1.58. The minimum atomic E-state index is -0.410. The standard InChI is InChI=1S/C13H12ClNO/c14-10-5-4-8-6-9-2-1-3-12(16)13(9)15-11(8)7-10/h4-7,12,16H,1-3H2. The molecule has 1 heterocycles. The molecule has 1 unspecified atom stereocenters. The van der Waals surface area contributed by atoms with Gasteiger partial charge in [0.2, 0.25) is 0 Å². The van der Waals surface area contributed by atoms with Gasteiger partial charge in [0.25, 0.3) is 0 Å². The molecule has 0 bridgehead atoms. The SMILES string of the molecule is OC1CCCc2cc3ccc(Cl)cc3nc21. The summed E-state index contributed by atoms with van der Waals surface area (Å²) >= 11 is 5.94. The number of aliphatic hydroxyl groups is 1. The Morgan fingerprint density at radius 2 is 2.19 bits per heavy atom. The van der Waals surface area contributed by atoms with Crippen LogP contribution >= 0.6 is 11.6 Å². The van der Waals surface area contributed by atoms with Gasteiger partial charge in [0.15, 0.2) is 0 Å². The summed E-state index contributed by atoms with van der Waals surface area (Å²) in [4.78, 5) is 4.52. The first-order chi connectivity index (χ1) is 7.74. The summed E-state index contributed by atoms with van der Waals surface area (Å²) in [6.45, 7) is 0. The molecule has 1 aliphatic carbocycles. The van der Waals surface area contributed by atoms with Crippen LogP contribution in [0.4, 0.5) is 0 Å². The highest BCUT2D eigenvalue weighted by Gasteiger charge is 2.19. The average Bonchev–Trinajstić information content (AvgIpc) is 2.28. The molecule has 3 heteroatoms. The largest absolute Gasteiger partial charge is 0.387 e. The first-order valence-electron chi connectivity index (χ1n) is 5.51. The van der Waals surface area contributed by atoms with E-state index in [4.69, 9.17) is 11.6 Å². The number of pyridine rings is 1. The zero-order valence-corrected chi connectivity index (χ0v) is 9.54. The van der Waals surface area contributed by atoms with Gasteiger partial charge in [-0.3, -0.25) is 0 Å². The zero-order valence-electron chi connectivity index (χ0n) is 8.78. The molecule has 82 valence electrons. The Bertz CT molecular complexity index is 553. The van der Waals surface area contributed by atoms with E-state index in [1.54, 1.807) is 0 Å². The summed E-state index contributed by atoms with van der Waals surface area (Å²) in [6, 6.07) is 7.82. The lowest BCUT2D eigenvalue weighted by atomic mass is 9.92. The van der Waals surface area contributed by atoms with Crippen molar-refractivity contribution in [3.05, 3.63) is 40.5 Å². The van der Waals surface area contributed by atoms with Gasteiger partial charge in [-0.1, -0.05) is 17.7 Å². The number of aromatic nitrogens is 1. The van der Waals surface area contributed by atoms with Crippen molar-refractivity contribution >= 4 is 22.5 Å². The van der Waals surface area contributed by atoms with Crippen molar-refractivity contribution in [2.24, 2.45) is 0 Å². The fourth-order valence-electron chi connectivity index (χ4n) is 2.31. The van der Waals surface area contributed by atoms with Gasteiger partial charge in [-0.05, 0) is 43.0 Å². The molecule has 1 aromatic carbocycles. The van der Waals surface area contributed by atoms with Crippen LogP contribution in [0, 0.1) is 0 Å². The van der Waals surface area contributed by atoms with E-state index in [1.807, 2.05) is 18.2 Å². The Morgan fingerprint density at radius 1 is 1.31 bits per heavy atom. The summed E-state index contributed by atoms with van der Waals surface area (Å²) in [5, 5.41) is 11.7. The van der Waals surface area contributed by atoms with Gasteiger partial charge in [0, 0.05) is 10.4 Å². The highest BCUT2D eigenvalue weighted by Crippen LogP contribution is 2.31. The van der Waals surface area contributed by atoms with Crippen molar-refractivity contribution in [3.8, 4) is 0 Å². The Hall–Kier alpha value is -1.12. The van der Waals surface area contributed by atoms with E-state index in [9.17, 15) is 5.11 Å².